The molecule has 0 spiro atoms. The van der Waals surface area contributed by atoms with Crippen molar-refractivity contribution in [3.63, 3.8) is 0 Å². The summed E-state index contributed by atoms with van der Waals surface area (Å²) in [4.78, 5) is 0. The molecule has 2 aromatic rings. The quantitative estimate of drug-likeness (QED) is 0.787. The maximum atomic E-state index is 11.6. The van der Waals surface area contributed by atoms with Gasteiger partial charge in [0.25, 0.3) is 0 Å². The fourth-order valence-electron chi connectivity index (χ4n) is 2.53. The van der Waals surface area contributed by atoms with E-state index in [4.69, 9.17) is 11.6 Å². The zero-order valence-electron chi connectivity index (χ0n) is 12.1. The van der Waals surface area contributed by atoms with Crippen molar-refractivity contribution in [3.8, 4) is 0 Å². The van der Waals surface area contributed by atoms with Crippen molar-refractivity contribution in [1.82, 2.24) is 14.8 Å². The van der Waals surface area contributed by atoms with Crippen molar-refractivity contribution in [3.05, 3.63) is 40.7 Å². The van der Waals surface area contributed by atoms with Crippen molar-refractivity contribution >= 4 is 33.2 Å². The first kappa shape index (κ1) is 15.8. The van der Waals surface area contributed by atoms with Crippen LogP contribution >= 0.6 is 23.4 Å². The van der Waals surface area contributed by atoms with Gasteiger partial charge in [-0.1, -0.05) is 35.5 Å². The van der Waals surface area contributed by atoms with Gasteiger partial charge >= 0.3 is 0 Å². The SMILES string of the molecule is Cn1c(SCc2ccc(Cl)cc2)nnc1C1CCS(=O)(=O)C1. The van der Waals surface area contributed by atoms with Crippen molar-refractivity contribution < 1.29 is 8.42 Å². The number of aromatic nitrogens is 3. The Kier molecular flexibility index (Phi) is 4.47. The average Bonchev–Trinajstić information content (AvgIpc) is 3.01. The summed E-state index contributed by atoms with van der Waals surface area (Å²) in [5.74, 6) is 1.93. The van der Waals surface area contributed by atoms with Crippen LogP contribution in [0.1, 0.15) is 23.7 Å². The number of benzene rings is 1. The van der Waals surface area contributed by atoms with Crippen LogP contribution in [0, 0.1) is 0 Å². The molecule has 1 aliphatic rings. The largest absolute Gasteiger partial charge is 0.309 e. The molecule has 1 fully saturated rings. The molecule has 1 aliphatic heterocycles. The zero-order valence-corrected chi connectivity index (χ0v) is 14.5. The predicted molar refractivity (Wildman–Crippen MR) is 88.0 cm³/mol. The molecule has 118 valence electrons. The van der Waals surface area contributed by atoms with Crippen LogP contribution < -0.4 is 0 Å². The lowest BCUT2D eigenvalue weighted by molar-refractivity contribution is 0.599. The zero-order chi connectivity index (χ0) is 15.7. The first-order valence-corrected chi connectivity index (χ1v) is 10.1. The van der Waals surface area contributed by atoms with E-state index in [0.29, 0.717) is 6.42 Å². The van der Waals surface area contributed by atoms with E-state index in [-0.39, 0.29) is 17.4 Å². The average molecular weight is 358 g/mol. The third kappa shape index (κ3) is 3.47. The molecule has 0 amide bonds. The molecule has 0 bridgehead atoms. The maximum Gasteiger partial charge on any atom is 0.191 e. The first-order valence-electron chi connectivity index (χ1n) is 6.91. The Hall–Kier alpha value is -1.05. The number of nitrogens with zero attached hydrogens (tertiary/aromatic N) is 3. The molecular weight excluding hydrogens is 342 g/mol. The number of halogens is 1. The van der Waals surface area contributed by atoms with E-state index < -0.39 is 9.84 Å². The summed E-state index contributed by atoms with van der Waals surface area (Å²) in [6.07, 6.45) is 0.635. The molecule has 1 aromatic heterocycles. The minimum Gasteiger partial charge on any atom is -0.309 e. The van der Waals surface area contributed by atoms with Crippen LogP contribution in [0.5, 0.6) is 0 Å². The van der Waals surface area contributed by atoms with Crippen molar-refractivity contribution in [2.75, 3.05) is 11.5 Å². The summed E-state index contributed by atoms with van der Waals surface area (Å²) in [5.41, 5.74) is 1.15. The summed E-state index contributed by atoms with van der Waals surface area (Å²) >= 11 is 7.45. The first-order chi connectivity index (χ1) is 10.4. The second kappa shape index (κ2) is 6.22. The highest BCUT2D eigenvalue weighted by Gasteiger charge is 2.32. The van der Waals surface area contributed by atoms with Crippen LogP contribution in [0.2, 0.25) is 5.02 Å². The highest BCUT2D eigenvalue weighted by atomic mass is 35.5. The third-order valence-corrected chi connectivity index (χ3v) is 6.86. The Bertz CT molecular complexity index is 772. The summed E-state index contributed by atoms with van der Waals surface area (Å²) in [6, 6.07) is 7.69. The molecule has 22 heavy (non-hydrogen) atoms. The fourth-order valence-corrected chi connectivity index (χ4v) is 5.27. The van der Waals surface area contributed by atoms with E-state index in [1.54, 1.807) is 11.8 Å². The Morgan fingerprint density at radius 3 is 2.68 bits per heavy atom. The van der Waals surface area contributed by atoms with Crippen molar-refractivity contribution in [1.29, 1.82) is 0 Å². The molecule has 3 rings (SSSR count). The Labute approximate surface area is 139 Å². The van der Waals surface area contributed by atoms with E-state index >= 15 is 0 Å². The van der Waals surface area contributed by atoms with Gasteiger partial charge in [0.15, 0.2) is 15.0 Å². The fraction of sp³-hybridized carbons (Fsp3) is 0.429. The number of hydrogen-bond acceptors (Lipinski definition) is 5. The van der Waals surface area contributed by atoms with Gasteiger partial charge in [0.2, 0.25) is 0 Å². The molecule has 1 aromatic carbocycles. The highest BCUT2D eigenvalue weighted by Crippen LogP contribution is 2.30. The lowest BCUT2D eigenvalue weighted by Gasteiger charge is -2.08. The van der Waals surface area contributed by atoms with Gasteiger partial charge in [-0.25, -0.2) is 8.42 Å². The lowest BCUT2D eigenvalue weighted by Crippen LogP contribution is -2.09. The smallest absolute Gasteiger partial charge is 0.191 e. The molecule has 1 atom stereocenters. The monoisotopic (exact) mass is 357 g/mol. The Balaban J connectivity index is 1.70. The van der Waals surface area contributed by atoms with E-state index in [1.807, 2.05) is 35.9 Å². The van der Waals surface area contributed by atoms with E-state index in [9.17, 15) is 8.42 Å². The van der Waals surface area contributed by atoms with Gasteiger partial charge < -0.3 is 4.57 Å². The van der Waals surface area contributed by atoms with E-state index in [2.05, 4.69) is 10.2 Å². The summed E-state index contributed by atoms with van der Waals surface area (Å²) in [6.45, 7) is 0. The number of hydrogen-bond donors (Lipinski definition) is 0. The van der Waals surface area contributed by atoms with Gasteiger partial charge in [0.1, 0.15) is 5.82 Å². The molecule has 0 saturated carbocycles. The van der Waals surface area contributed by atoms with Crippen LogP contribution in [-0.4, -0.2) is 34.7 Å². The second-order valence-corrected chi connectivity index (χ2v) is 9.02. The summed E-state index contributed by atoms with van der Waals surface area (Å²) in [7, 11) is -1.02. The molecule has 8 heteroatoms. The molecule has 0 aliphatic carbocycles. The summed E-state index contributed by atoms with van der Waals surface area (Å²) in [5, 5.41) is 9.91. The Morgan fingerprint density at radius 1 is 1.32 bits per heavy atom. The predicted octanol–water partition coefficient (Wildman–Crippen LogP) is 2.66. The Morgan fingerprint density at radius 2 is 2.05 bits per heavy atom. The molecular formula is C14H16ClN3O2S2. The second-order valence-electron chi connectivity index (χ2n) is 5.41. The minimum absolute atomic E-state index is 0.0348. The standard InChI is InChI=1S/C14H16ClN3O2S2/c1-18-13(11-6-7-22(19,20)9-11)16-17-14(18)21-8-10-2-4-12(15)5-3-10/h2-5,11H,6-9H2,1H3. The van der Waals surface area contributed by atoms with Crippen molar-refractivity contribution in [2.45, 2.75) is 23.2 Å². The number of rotatable bonds is 4. The molecule has 1 unspecified atom stereocenters. The molecule has 0 radical (unpaired) electrons. The van der Waals surface area contributed by atoms with Gasteiger partial charge in [-0.05, 0) is 24.1 Å². The normalized spacial score (nSPS) is 20.4. The topological polar surface area (TPSA) is 64.8 Å². The van der Waals surface area contributed by atoms with Gasteiger partial charge in [0.05, 0.1) is 11.5 Å². The van der Waals surface area contributed by atoms with Crippen LogP contribution in [0.25, 0.3) is 0 Å². The molecule has 5 nitrogen and oxygen atoms in total. The molecule has 1 saturated heterocycles. The molecule has 0 N–H and O–H groups in total. The third-order valence-electron chi connectivity index (χ3n) is 3.75. The minimum atomic E-state index is -2.91. The van der Waals surface area contributed by atoms with Crippen LogP contribution in [0.15, 0.2) is 29.4 Å². The number of sulfone groups is 1. The van der Waals surface area contributed by atoms with Crippen LogP contribution in [0.4, 0.5) is 0 Å². The van der Waals surface area contributed by atoms with Crippen LogP contribution in [0.3, 0.4) is 0 Å². The number of thioether (sulfide) groups is 1. The van der Waals surface area contributed by atoms with Gasteiger partial charge in [0, 0.05) is 23.7 Å². The van der Waals surface area contributed by atoms with Crippen molar-refractivity contribution in [2.24, 2.45) is 7.05 Å². The summed E-state index contributed by atoms with van der Waals surface area (Å²) < 4.78 is 25.1. The van der Waals surface area contributed by atoms with Gasteiger partial charge in [-0.2, -0.15) is 0 Å². The molecule has 2 heterocycles. The van der Waals surface area contributed by atoms with Gasteiger partial charge in [-0.15, -0.1) is 10.2 Å². The maximum absolute atomic E-state index is 11.6. The highest BCUT2D eigenvalue weighted by molar-refractivity contribution is 7.98. The van der Waals surface area contributed by atoms with Crippen LogP contribution in [-0.2, 0) is 22.6 Å². The lowest BCUT2D eigenvalue weighted by atomic mass is 10.1. The van der Waals surface area contributed by atoms with E-state index in [0.717, 1.165) is 27.3 Å². The van der Waals surface area contributed by atoms with E-state index in [1.165, 1.54) is 0 Å². The van der Waals surface area contributed by atoms with Gasteiger partial charge in [-0.3, -0.25) is 0 Å².